The van der Waals surface area contributed by atoms with Gasteiger partial charge in [-0.1, -0.05) is 30.3 Å². The number of carbonyl (C=O) groups excluding carboxylic acids is 1. The van der Waals surface area contributed by atoms with Crippen molar-refractivity contribution in [3.05, 3.63) is 86.9 Å². The number of hydrogen-bond donors (Lipinski definition) is 1. The van der Waals surface area contributed by atoms with Crippen molar-refractivity contribution < 1.29 is 14.1 Å². The Labute approximate surface area is 158 Å². The molecule has 8 nitrogen and oxygen atoms in total. The van der Waals surface area contributed by atoms with Crippen molar-refractivity contribution in [1.82, 2.24) is 9.78 Å². The smallest absolute Gasteiger partial charge is 0.306 e. The minimum Gasteiger partial charge on any atom is -0.324 e. The van der Waals surface area contributed by atoms with Gasteiger partial charge >= 0.3 is 5.69 Å². The van der Waals surface area contributed by atoms with E-state index in [9.17, 15) is 24.1 Å². The molecule has 0 aliphatic heterocycles. The second-order valence-corrected chi connectivity index (χ2v) is 5.96. The molecule has 1 atom stereocenters. The molecule has 0 saturated heterocycles. The molecule has 3 aromatic rings. The predicted molar refractivity (Wildman–Crippen MR) is 100 cm³/mol. The first-order valence-corrected chi connectivity index (χ1v) is 8.27. The zero-order chi connectivity index (χ0) is 20.3. The standard InChI is InChI=1S/C19H15FN4O4/c1-12(19(26)21-14-7-8-15(20)17(11-14)24(27)28)23-18(25)10-9-16(22-23)13-5-3-2-4-6-13/h2-12H,1H3,(H,21,26). The molecule has 0 bridgehead atoms. The van der Waals surface area contributed by atoms with Crippen molar-refractivity contribution in [1.29, 1.82) is 0 Å². The van der Waals surface area contributed by atoms with Crippen molar-refractivity contribution >= 4 is 17.3 Å². The van der Waals surface area contributed by atoms with E-state index in [4.69, 9.17) is 0 Å². The molecule has 1 amide bonds. The number of rotatable bonds is 5. The Hall–Kier alpha value is -3.88. The molecule has 0 saturated carbocycles. The minimum absolute atomic E-state index is 0.0391. The lowest BCUT2D eigenvalue weighted by Crippen LogP contribution is -2.33. The topological polar surface area (TPSA) is 107 Å². The second kappa shape index (κ2) is 7.78. The first-order chi connectivity index (χ1) is 13.4. The molecule has 9 heteroatoms. The lowest BCUT2D eigenvalue weighted by molar-refractivity contribution is -0.387. The second-order valence-electron chi connectivity index (χ2n) is 5.96. The Morgan fingerprint density at radius 2 is 1.89 bits per heavy atom. The van der Waals surface area contributed by atoms with Gasteiger partial charge in [-0.05, 0) is 25.1 Å². The van der Waals surface area contributed by atoms with Crippen molar-refractivity contribution in [3.8, 4) is 11.3 Å². The normalized spacial score (nSPS) is 11.6. The molecule has 3 rings (SSSR count). The van der Waals surface area contributed by atoms with E-state index in [2.05, 4.69) is 10.4 Å². The van der Waals surface area contributed by atoms with E-state index in [1.54, 1.807) is 6.07 Å². The van der Waals surface area contributed by atoms with Crippen molar-refractivity contribution in [2.75, 3.05) is 5.32 Å². The summed E-state index contributed by atoms with van der Waals surface area (Å²) in [7, 11) is 0. The molecule has 0 spiro atoms. The van der Waals surface area contributed by atoms with Crippen LogP contribution in [0, 0.1) is 15.9 Å². The average molecular weight is 382 g/mol. The molecular formula is C19H15FN4O4. The van der Waals surface area contributed by atoms with Crippen molar-refractivity contribution in [3.63, 3.8) is 0 Å². The van der Waals surface area contributed by atoms with E-state index in [-0.39, 0.29) is 5.69 Å². The van der Waals surface area contributed by atoms with Crippen LogP contribution in [0.1, 0.15) is 13.0 Å². The van der Waals surface area contributed by atoms with Crippen LogP contribution >= 0.6 is 0 Å². The van der Waals surface area contributed by atoms with E-state index in [0.29, 0.717) is 5.69 Å². The lowest BCUT2D eigenvalue weighted by atomic mass is 10.1. The summed E-state index contributed by atoms with van der Waals surface area (Å²) in [5, 5.41) is 17.5. The zero-order valence-corrected chi connectivity index (χ0v) is 14.7. The highest BCUT2D eigenvalue weighted by Crippen LogP contribution is 2.22. The Morgan fingerprint density at radius 1 is 1.18 bits per heavy atom. The summed E-state index contributed by atoms with van der Waals surface area (Å²) >= 11 is 0. The number of anilines is 1. The zero-order valence-electron chi connectivity index (χ0n) is 14.7. The third-order valence-electron chi connectivity index (χ3n) is 4.05. The van der Waals surface area contributed by atoms with Crippen LogP contribution in [-0.4, -0.2) is 20.6 Å². The molecule has 1 N–H and O–H groups in total. The number of nitro groups is 1. The molecule has 1 aromatic heterocycles. The molecule has 1 unspecified atom stereocenters. The number of nitrogens with zero attached hydrogens (tertiary/aromatic N) is 3. The van der Waals surface area contributed by atoms with E-state index < -0.39 is 33.9 Å². The number of halogens is 1. The first kappa shape index (κ1) is 18.9. The molecule has 2 aromatic carbocycles. The Bertz CT molecular complexity index is 1100. The first-order valence-electron chi connectivity index (χ1n) is 8.27. The van der Waals surface area contributed by atoms with Gasteiger partial charge in [-0.15, -0.1) is 0 Å². The van der Waals surface area contributed by atoms with E-state index >= 15 is 0 Å². The van der Waals surface area contributed by atoms with Crippen LogP contribution in [0.25, 0.3) is 11.3 Å². The number of benzene rings is 2. The summed E-state index contributed by atoms with van der Waals surface area (Å²) in [5.74, 6) is -1.63. The largest absolute Gasteiger partial charge is 0.324 e. The quantitative estimate of drug-likeness (QED) is 0.539. The maximum absolute atomic E-state index is 13.4. The van der Waals surface area contributed by atoms with E-state index in [0.717, 1.165) is 22.4 Å². The minimum atomic E-state index is -1.01. The Morgan fingerprint density at radius 3 is 2.57 bits per heavy atom. The highest BCUT2D eigenvalue weighted by atomic mass is 19.1. The number of hydrogen-bond acceptors (Lipinski definition) is 5. The SMILES string of the molecule is CC(C(=O)Nc1ccc(F)c([N+](=O)[O-])c1)n1nc(-c2ccccc2)ccc1=O. The average Bonchev–Trinajstić information content (AvgIpc) is 2.69. The molecular weight excluding hydrogens is 367 g/mol. The molecule has 0 aliphatic carbocycles. The highest BCUT2D eigenvalue weighted by molar-refractivity contribution is 5.93. The summed E-state index contributed by atoms with van der Waals surface area (Å²) in [6.07, 6.45) is 0. The van der Waals surface area contributed by atoms with Gasteiger partial charge in [0.1, 0.15) is 6.04 Å². The molecule has 28 heavy (non-hydrogen) atoms. The number of amides is 1. The van der Waals surface area contributed by atoms with Gasteiger partial charge < -0.3 is 5.32 Å². The van der Waals surface area contributed by atoms with Crippen LogP contribution in [0.15, 0.2) is 65.5 Å². The fourth-order valence-corrected chi connectivity index (χ4v) is 2.55. The van der Waals surface area contributed by atoms with Gasteiger partial charge in [0.05, 0.1) is 10.6 Å². The Balaban J connectivity index is 1.87. The molecule has 1 heterocycles. The van der Waals surface area contributed by atoms with Crippen LogP contribution < -0.4 is 10.9 Å². The maximum atomic E-state index is 13.4. The summed E-state index contributed by atoms with van der Waals surface area (Å²) < 4.78 is 14.5. The highest BCUT2D eigenvalue weighted by Gasteiger charge is 2.20. The van der Waals surface area contributed by atoms with Crippen molar-refractivity contribution in [2.45, 2.75) is 13.0 Å². The van der Waals surface area contributed by atoms with Gasteiger partial charge in [-0.2, -0.15) is 9.49 Å². The van der Waals surface area contributed by atoms with Gasteiger partial charge in [-0.25, -0.2) is 4.68 Å². The van der Waals surface area contributed by atoms with Gasteiger partial charge in [0.2, 0.25) is 11.7 Å². The van der Waals surface area contributed by atoms with Gasteiger partial charge in [0, 0.05) is 23.4 Å². The number of carbonyl (C=O) groups is 1. The van der Waals surface area contributed by atoms with Crippen LogP contribution in [0.3, 0.4) is 0 Å². The van der Waals surface area contributed by atoms with Crippen LogP contribution in [-0.2, 0) is 4.79 Å². The summed E-state index contributed by atoms with van der Waals surface area (Å²) in [5.41, 5.74) is 0.0896. The lowest BCUT2D eigenvalue weighted by Gasteiger charge is -2.15. The van der Waals surface area contributed by atoms with E-state index in [1.807, 2.05) is 30.3 Å². The molecule has 142 valence electrons. The van der Waals surface area contributed by atoms with Crippen molar-refractivity contribution in [2.24, 2.45) is 0 Å². The number of aromatic nitrogens is 2. The molecule has 0 radical (unpaired) electrons. The Kier molecular flexibility index (Phi) is 5.25. The van der Waals surface area contributed by atoms with Gasteiger partial charge in [-0.3, -0.25) is 19.7 Å². The summed E-state index contributed by atoms with van der Waals surface area (Å²) in [4.78, 5) is 34.6. The summed E-state index contributed by atoms with van der Waals surface area (Å²) in [6.45, 7) is 1.47. The van der Waals surface area contributed by atoms with E-state index in [1.165, 1.54) is 19.1 Å². The number of nitrogens with one attached hydrogen (secondary N) is 1. The summed E-state index contributed by atoms with van der Waals surface area (Å²) in [6, 6.07) is 14.0. The maximum Gasteiger partial charge on any atom is 0.306 e. The number of nitro benzene ring substituents is 1. The fraction of sp³-hybridized carbons (Fsp3) is 0.105. The van der Waals surface area contributed by atoms with Gasteiger partial charge in [0.25, 0.3) is 5.56 Å². The molecule has 0 fully saturated rings. The van der Waals surface area contributed by atoms with Crippen LogP contribution in [0.2, 0.25) is 0 Å². The third-order valence-corrected chi connectivity index (χ3v) is 4.05. The third kappa shape index (κ3) is 3.93. The van der Waals surface area contributed by atoms with Gasteiger partial charge in [0.15, 0.2) is 0 Å². The molecule has 0 aliphatic rings. The fourth-order valence-electron chi connectivity index (χ4n) is 2.55. The monoisotopic (exact) mass is 382 g/mol. The predicted octanol–water partition coefficient (Wildman–Crippen LogP) is 3.16. The van der Waals surface area contributed by atoms with Crippen LogP contribution in [0.4, 0.5) is 15.8 Å². The van der Waals surface area contributed by atoms with Crippen LogP contribution in [0.5, 0.6) is 0 Å².